The lowest BCUT2D eigenvalue weighted by Gasteiger charge is -2.12. The Morgan fingerprint density at radius 2 is 2.06 bits per heavy atom. The van der Waals surface area contributed by atoms with Crippen LogP contribution in [0.4, 0.5) is 11.6 Å². The van der Waals surface area contributed by atoms with Gasteiger partial charge in [-0.2, -0.15) is 9.38 Å². The van der Waals surface area contributed by atoms with Crippen molar-refractivity contribution in [3.8, 4) is 0 Å². The van der Waals surface area contributed by atoms with Crippen molar-refractivity contribution >= 4 is 17.3 Å². The molecular formula is C11H12N4O2. The highest BCUT2D eigenvalue weighted by Gasteiger charge is 2.28. The molecule has 1 fully saturated rings. The molecule has 6 nitrogen and oxygen atoms in total. The molecule has 0 amide bonds. The van der Waals surface area contributed by atoms with Gasteiger partial charge in [0, 0.05) is 19.2 Å². The quantitative estimate of drug-likeness (QED) is 0.585. The number of imidazole rings is 1. The first kappa shape index (κ1) is 10.1. The number of nitro groups is 1. The molecule has 3 rings (SSSR count). The molecule has 0 unspecified atom stereocenters. The largest absolute Gasteiger partial charge is 0.372 e. The van der Waals surface area contributed by atoms with Crippen LogP contribution in [0.15, 0.2) is 24.4 Å². The van der Waals surface area contributed by atoms with Gasteiger partial charge >= 0.3 is 5.82 Å². The molecule has 0 atom stereocenters. The molecule has 2 aromatic rings. The Morgan fingerprint density at radius 1 is 1.29 bits per heavy atom. The Kier molecular flexibility index (Phi) is 2.21. The maximum Gasteiger partial charge on any atom is 0.372 e. The second-order valence-corrected chi connectivity index (χ2v) is 4.14. The molecule has 0 N–H and O–H groups in total. The Labute approximate surface area is 97.6 Å². The molecule has 0 aliphatic carbocycles. The van der Waals surface area contributed by atoms with Crippen molar-refractivity contribution < 1.29 is 4.92 Å². The number of anilines is 1. The van der Waals surface area contributed by atoms with E-state index in [0.29, 0.717) is 11.5 Å². The Bertz CT molecular complexity index is 572. The third-order valence-electron chi connectivity index (χ3n) is 3.07. The summed E-state index contributed by atoms with van der Waals surface area (Å²) in [6.45, 7) is 1.70. The first-order valence-corrected chi connectivity index (χ1v) is 5.64. The standard InChI is InChI=1S/C11H12N4O2/c16-15(17)11-10(13-6-3-4-7-13)12-9-5-1-2-8-14(9)11/h1-2,5,8H,3-4,6-7H2. The second-order valence-electron chi connectivity index (χ2n) is 4.14. The zero-order chi connectivity index (χ0) is 11.8. The number of pyridine rings is 1. The molecule has 0 spiro atoms. The number of rotatable bonds is 2. The van der Waals surface area contributed by atoms with Gasteiger partial charge in [0.1, 0.15) is 0 Å². The van der Waals surface area contributed by atoms with Gasteiger partial charge in [0.05, 0.1) is 6.20 Å². The summed E-state index contributed by atoms with van der Waals surface area (Å²) in [6.07, 6.45) is 3.83. The van der Waals surface area contributed by atoms with Crippen molar-refractivity contribution in [2.24, 2.45) is 0 Å². The van der Waals surface area contributed by atoms with Crippen LogP contribution in [0.1, 0.15) is 12.8 Å². The average molecular weight is 232 g/mol. The summed E-state index contributed by atoms with van der Waals surface area (Å²) in [6, 6.07) is 5.39. The van der Waals surface area contributed by atoms with Crippen LogP contribution in [0, 0.1) is 10.1 Å². The number of aromatic nitrogens is 2. The molecule has 0 radical (unpaired) electrons. The summed E-state index contributed by atoms with van der Waals surface area (Å²) >= 11 is 0. The summed E-state index contributed by atoms with van der Waals surface area (Å²) in [5.74, 6) is 0.571. The van der Waals surface area contributed by atoms with Crippen molar-refractivity contribution in [1.29, 1.82) is 0 Å². The maximum atomic E-state index is 11.2. The fourth-order valence-electron chi connectivity index (χ4n) is 2.28. The molecule has 1 aliphatic heterocycles. The summed E-state index contributed by atoms with van der Waals surface area (Å²) in [5.41, 5.74) is 0.626. The minimum Gasteiger partial charge on any atom is -0.358 e. The van der Waals surface area contributed by atoms with Gasteiger partial charge in [0.15, 0.2) is 0 Å². The fourth-order valence-corrected chi connectivity index (χ4v) is 2.28. The number of hydrogen-bond donors (Lipinski definition) is 0. The van der Waals surface area contributed by atoms with Crippen LogP contribution in [-0.2, 0) is 0 Å². The van der Waals surface area contributed by atoms with E-state index in [2.05, 4.69) is 4.98 Å². The van der Waals surface area contributed by atoms with E-state index < -0.39 is 0 Å². The normalized spacial score (nSPS) is 15.6. The zero-order valence-corrected chi connectivity index (χ0v) is 9.24. The second kappa shape index (κ2) is 3.73. The molecule has 0 bridgehead atoms. The van der Waals surface area contributed by atoms with E-state index >= 15 is 0 Å². The van der Waals surface area contributed by atoms with Crippen LogP contribution in [-0.4, -0.2) is 27.4 Å². The zero-order valence-electron chi connectivity index (χ0n) is 9.24. The minimum atomic E-state index is -0.354. The Balaban J connectivity index is 2.22. The lowest BCUT2D eigenvalue weighted by atomic mass is 10.4. The van der Waals surface area contributed by atoms with E-state index in [4.69, 9.17) is 0 Å². The molecule has 6 heteroatoms. The monoisotopic (exact) mass is 232 g/mol. The highest BCUT2D eigenvalue weighted by atomic mass is 16.6. The molecule has 3 heterocycles. The SMILES string of the molecule is O=[N+]([O-])c1c(N2CCCC2)nc2ccccn12. The van der Waals surface area contributed by atoms with Crippen LogP contribution >= 0.6 is 0 Å². The number of fused-ring (bicyclic) bond motifs is 1. The minimum absolute atomic E-state index is 0.0718. The van der Waals surface area contributed by atoms with Crippen LogP contribution in [0.25, 0.3) is 5.65 Å². The van der Waals surface area contributed by atoms with E-state index in [9.17, 15) is 10.1 Å². The summed E-state index contributed by atoms with van der Waals surface area (Å²) in [4.78, 5) is 17.2. The smallest absolute Gasteiger partial charge is 0.358 e. The van der Waals surface area contributed by atoms with Crippen LogP contribution < -0.4 is 4.90 Å². The lowest BCUT2D eigenvalue weighted by molar-refractivity contribution is -0.389. The molecule has 1 saturated heterocycles. The summed E-state index contributed by atoms with van der Waals surface area (Å²) < 4.78 is 1.54. The van der Waals surface area contributed by atoms with Gasteiger partial charge < -0.3 is 15.0 Å². The van der Waals surface area contributed by atoms with E-state index in [1.807, 2.05) is 11.0 Å². The maximum absolute atomic E-state index is 11.2. The van der Waals surface area contributed by atoms with E-state index in [1.165, 1.54) is 4.40 Å². The van der Waals surface area contributed by atoms with E-state index in [0.717, 1.165) is 25.9 Å². The third kappa shape index (κ3) is 1.52. The molecule has 2 aromatic heterocycles. The Morgan fingerprint density at radius 3 is 2.76 bits per heavy atom. The lowest BCUT2D eigenvalue weighted by Crippen LogP contribution is -2.19. The van der Waals surface area contributed by atoms with E-state index in [1.54, 1.807) is 18.3 Å². The predicted molar refractivity (Wildman–Crippen MR) is 63.3 cm³/mol. The van der Waals surface area contributed by atoms with Gasteiger partial charge in [-0.05, 0) is 23.8 Å². The third-order valence-corrected chi connectivity index (χ3v) is 3.07. The van der Waals surface area contributed by atoms with Gasteiger partial charge in [-0.3, -0.25) is 0 Å². The molecule has 17 heavy (non-hydrogen) atoms. The topological polar surface area (TPSA) is 63.7 Å². The molecule has 0 aromatic carbocycles. The van der Waals surface area contributed by atoms with Crippen molar-refractivity contribution in [3.63, 3.8) is 0 Å². The van der Waals surface area contributed by atoms with Crippen molar-refractivity contribution in [2.45, 2.75) is 12.8 Å². The predicted octanol–water partition coefficient (Wildman–Crippen LogP) is 1.84. The summed E-state index contributed by atoms with van der Waals surface area (Å²) in [5, 5.41) is 11.2. The highest BCUT2D eigenvalue weighted by molar-refractivity contribution is 5.63. The van der Waals surface area contributed by atoms with Gasteiger partial charge in [0.2, 0.25) is 11.5 Å². The average Bonchev–Trinajstić information content (AvgIpc) is 2.95. The van der Waals surface area contributed by atoms with Crippen molar-refractivity contribution in [1.82, 2.24) is 9.38 Å². The highest BCUT2D eigenvalue weighted by Crippen LogP contribution is 2.30. The fraction of sp³-hybridized carbons (Fsp3) is 0.364. The molecule has 0 saturated carbocycles. The van der Waals surface area contributed by atoms with E-state index in [-0.39, 0.29) is 10.7 Å². The van der Waals surface area contributed by atoms with Gasteiger partial charge in [-0.15, -0.1) is 0 Å². The van der Waals surface area contributed by atoms with Gasteiger partial charge in [-0.25, -0.2) is 0 Å². The van der Waals surface area contributed by atoms with Gasteiger partial charge in [0.25, 0.3) is 0 Å². The number of hydrogen-bond acceptors (Lipinski definition) is 4. The Hall–Kier alpha value is -2.11. The first-order valence-electron chi connectivity index (χ1n) is 5.64. The van der Waals surface area contributed by atoms with Crippen molar-refractivity contribution in [2.75, 3.05) is 18.0 Å². The van der Waals surface area contributed by atoms with Crippen molar-refractivity contribution in [3.05, 3.63) is 34.5 Å². The van der Waals surface area contributed by atoms with Crippen LogP contribution in [0.2, 0.25) is 0 Å². The molecule has 88 valence electrons. The molecular weight excluding hydrogens is 220 g/mol. The summed E-state index contributed by atoms with van der Waals surface area (Å²) in [7, 11) is 0. The first-order chi connectivity index (χ1) is 8.27. The van der Waals surface area contributed by atoms with Crippen LogP contribution in [0.5, 0.6) is 0 Å². The number of nitrogens with zero attached hydrogens (tertiary/aromatic N) is 4. The van der Waals surface area contributed by atoms with Crippen LogP contribution in [0.3, 0.4) is 0 Å². The van der Waals surface area contributed by atoms with Gasteiger partial charge in [-0.1, -0.05) is 6.07 Å². The molecule has 1 aliphatic rings.